The standard InChI is InChI=1S/C18H18N5O4S/c1-22(2)14-5-3-11(4-6-14)12-7-13(9-15(8-12)23(26)27)17-19-18(21-20-17)28-10-16(24)25/h3-9,26H,10H2,1-2H3,(H,24,25)(H,19,20,21)/q-1. The highest BCUT2D eigenvalue weighted by atomic mass is 32.2. The molecule has 0 atom stereocenters. The minimum absolute atomic E-state index is 0.0420. The van der Waals surface area contributed by atoms with Crippen molar-refractivity contribution < 1.29 is 15.1 Å². The molecule has 0 aliphatic rings. The second kappa shape index (κ2) is 8.30. The molecule has 3 N–H and O–H groups in total. The maximum Gasteiger partial charge on any atom is 0.313 e. The Morgan fingerprint density at radius 1 is 1.11 bits per heavy atom. The van der Waals surface area contributed by atoms with Gasteiger partial charge in [0.2, 0.25) is 5.16 Å². The predicted molar refractivity (Wildman–Crippen MR) is 108 cm³/mol. The highest BCUT2D eigenvalue weighted by molar-refractivity contribution is 7.99. The van der Waals surface area contributed by atoms with Crippen molar-refractivity contribution in [3.8, 4) is 22.5 Å². The lowest BCUT2D eigenvalue weighted by atomic mass is 10.0. The van der Waals surface area contributed by atoms with Crippen LogP contribution in [0.25, 0.3) is 22.5 Å². The van der Waals surface area contributed by atoms with Gasteiger partial charge in [-0.2, -0.15) is 0 Å². The number of aromatic amines is 1. The number of H-pyrrole nitrogens is 1. The molecule has 0 radical (unpaired) electrons. The predicted octanol–water partition coefficient (Wildman–Crippen LogP) is 3.07. The molecule has 0 saturated heterocycles. The summed E-state index contributed by atoms with van der Waals surface area (Å²) in [5, 5.41) is 36.4. The number of carboxylic acid groups (broad SMARTS) is 1. The van der Waals surface area contributed by atoms with E-state index < -0.39 is 5.97 Å². The van der Waals surface area contributed by atoms with E-state index in [-0.39, 0.29) is 21.8 Å². The number of benzene rings is 2. The Hall–Kier alpha value is -3.08. The van der Waals surface area contributed by atoms with Gasteiger partial charge in [0.1, 0.15) is 0 Å². The van der Waals surface area contributed by atoms with E-state index in [2.05, 4.69) is 15.2 Å². The molecule has 3 aromatic rings. The van der Waals surface area contributed by atoms with Gasteiger partial charge in [-0.05, 0) is 41.5 Å². The van der Waals surface area contributed by atoms with Crippen LogP contribution < -0.4 is 10.1 Å². The largest absolute Gasteiger partial charge is 0.733 e. The van der Waals surface area contributed by atoms with Gasteiger partial charge < -0.3 is 20.4 Å². The average molecular weight is 400 g/mol. The third-order valence-corrected chi connectivity index (χ3v) is 4.75. The van der Waals surface area contributed by atoms with Crippen molar-refractivity contribution in [1.82, 2.24) is 15.2 Å². The van der Waals surface area contributed by atoms with Gasteiger partial charge in [0, 0.05) is 25.3 Å². The Labute approximate surface area is 165 Å². The number of hydrogen-bond donors (Lipinski definition) is 3. The van der Waals surface area contributed by atoms with Gasteiger partial charge in [-0.3, -0.25) is 15.1 Å². The van der Waals surface area contributed by atoms with E-state index in [4.69, 9.17) is 5.11 Å². The van der Waals surface area contributed by atoms with Crippen molar-refractivity contribution in [3.05, 3.63) is 47.7 Å². The molecule has 0 bridgehead atoms. The zero-order valence-electron chi connectivity index (χ0n) is 15.2. The number of nitrogens with zero attached hydrogens (tertiary/aromatic N) is 4. The minimum atomic E-state index is -0.968. The van der Waals surface area contributed by atoms with Crippen LogP contribution in [0.4, 0.5) is 11.4 Å². The molecule has 28 heavy (non-hydrogen) atoms. The van der Waals surface area contributed by atoms with Crippen molar-refractivity contribution >= 4 is 29.1 Å². The van der Waals surface area contributed by atoms with E-state index in [0.717, 1.165) is 23.0 Å². The van der Waals surface area contributed by atoms with Gasteiger partial charge in [-0.1, -0.05) is 23.9 Å². The van der Waals surface area contributed by atoms with Crippen LogP contribution in [0, 0.1) is 5.21 Å². The summed E-state index contributed by atoms with van der Waals surface area (Å²) in [4.78, 5) is 16.9. The smallest absolute Gasteiger partial charge is 0.313 e. The van der Waals surface area contributed by atoms with Gasteiger partial charge in [0.15, 0.2) is 5.82 Å². The zero-order valence-corrected chi connectivity index (χ0v) is 16.0. The van der Waals surface area contributed by atoms with Crippen molar-refractivity contribution in [1.29, 1.82) is 0 Å². The quantitative estimate of drug-likeness (QED) is 0.405. The molecule has 3 rings (SSSR count). The Morgan fingerprint density at radius 3 is 2.39 bits per heavy atom. The molecule has 0 saturated carbocycles. The van der Waals surface area contributed by atoms with Gasteiger partial charge in [0.25, 0.3) is 0 Å². The Bertz CT molecular complexity index is 972. The maximum atomic E-state index is 11.5. The lowest BCUT2D eigenvalue weighted by Crippen LogP contribution is -2.08. The summed E-state index contributed by atoms with van der Waals surface area (Å²) in [5.74, 6) is -0.766. The zero-order chi connectivity index (χ0) is 20.3. The lowest BCUT2D eigenvalue weighted by molar-refractivity contribution is -0.133. The fourth-order valence-corrected chi connectivity index (χ4v) is 3.06. The van der Waals surface area contributed by atoms with Crippen molar-refractivity contribution in [2.24, 2.45) is 0 Å². The number of nitrogens with one attached hydrogen (secondary N) is 1. The molecule has 1 aromatic heterocycles. The van der Waals surface area contributed by atoms with Crippen molar-refractivity contribution in [2.45, 2.75) is 5.16 Å². The third kappa shape index (κ3) is 4.60. The molecule has 0 fully saturated rings. The molecular formula is C18H18N5O4S-. The number of carbonyl (C=O) groups is 1. The van der Waals surface area contributed by atoms with Crippen LogP contribution in [0.1, 0.15) is 0 Å². The van der Waals surface area contributed by atoms with Crippen LogP contribution in [-0.2, 0) is 4.79 Å². The second-order valence-electron chi connectivity index (χ2n) is 6.13. The lowest BCUT2D eigenvalue weighted by Gasteiger charge is -2.23. The van der Waals surface area contributed by atoms with E-state index in [1.165, 1.54) is 6.07 Å². The number of anilines is 2. The number of aliphatic carboxylic acids is 1. The molecule has 0 aliphatic heterocycles. The highest BCUT2D eigenvalue weighted by Crippen LogP contribution is 2.31. The van der Waals surface area contributed by atoms with Crippen LogP contribution in [0.5, 0.6) is 0 Å². The summed E-state index contributed by atoms with van der Waals surface area (Å²) < 4.78 is 0. The molecule has 0 aliphatic carbocycles. The van der Waals surface area contributed by atoms with E-state index in [1.807, 2.05) is 49.3 Å². The Balaban J connectivity index is 1.97. The molecule has 0 spiro atoms. The van der Waals surface area contributed by atoms with E-state index in [1.54, 1.807) is 6.07 Å². The van der Waals surface area contributed by atoms with Crippen LogP contribution in [0.2, 0.25) is 0 Å². The first-order valence-electron chi connectivity index (χ1n) is 8.20. The number of aromatic nitrogens is 3. The first-order chi connectivity index (χ1) is 13.3. The Morgan fingerprint density at radius 2 is 1.79 bits per heavy atom. The molecule has 0 unspecified atom stereocenters. The van der Waals surface area contributed by atoms with E-state index in [0.29, 0.717) is 17.0 Å². The van der Waals surface area contributed by atoms with Gasteiger partial charge in [-0.25, -0.2) is 4.98 Å². The molecule has 9 nitrogen and oxygen atoms in total. The van der Waals surface area contributed by atoms with E-state index in [9.17, 15) is 15.2 Å². The molecule has 1 heterocycles. The summed E-state index contributed by atoms with van der Waals surface area (Å²) in [6, 6.07) is 12.6. The monoisotopic (exact) mass is 400 g/mol. The second-order valence-corrected chi connectivity index (χ2v) is 7.07. The first kappa shape index (κ1) is 19.7. The first-order valence-corrected chi connectivity index (χ1v) is 9.18. The third-order valence-electron chi connectivity index (χ3n) is 3.92. The molecule has 0 amide bonds. The SMILES string of the molecule is CN(C)c1ccc(-c2cc(-c3nc(SCC(=O)O)n[nH]3)cc(N([O-])O)c2)cc1. The minimum Gasteiger partial charge on any atom is -0.733 e. The topological polar surface area (TPSA) is 129 Å². The van der Waals surface area contributed by atoms with Crippen LogP contribution in [0.15, 0.2) is 47.6 Å². The van der Waals surface area contributed by atoms with Crippen LogP contribution in [0.3, 0.4) is 0 Å². The van der Waals surface area contributed by atoms with Crippen molar-refractivity contribution in [2.75, 3.05) is 30.0 Å². The Kier molecular flexibility index (Phi) is 5.83. The average Bonchev–Trinajstić information content (AvgIpc) is 3.15. The molecular weight excluding hydrogens is 382 g/mol. The molecule has 10 heteroatoms. The normalized spacial score (nSPS) is 10.7. The van der Waals surface area contributed by atoms with Crippen LogP contribution in [-0.4, -0.2) is 51.3 Å². The summed E-state index contributed by atoms with van der Waals surface area (Å²) in [7, 11) is 3.89. The van der Waals surface area contributed by atoms with E-state index >= 15 is 0 Å². The maximum absolute atomic E-state index is 11.5. The highest BCUT2D eigenvalue weighted by Gasteiger charge is 2.12. The number of thioether (sulfide) groups is 1. The number of hydrogen-bond acceptors (Lipinski definition) is 8. The summed E-state index contributed by atoms with van der Waals surface area (Å²) in [5.41, 5.74) is 3.18. The molecule has 146 valence electrons. The summed E-state index contributed by atoms with van der Waals surface area (Å²) in [6.07, 6.45) is 0. The summed E-state index contributed by atoms with van der Waals surface area (Å²) >= 11 is 0.980. The van der Waals surface area contributed by atoms with Gasteiger partial charge >= 0.3 is 5.97 Å². The number of rotatable bonds is 7. The summed E-state index contributed by atoms with van der Waals surface area (Å²) in [6.45, 7) is 0. The van der Waals surface area contributed by atoms with Crippen molar-refractivity contribution in [3.63, 3.8) is 0 Å². The fraction of sp³-hybridized carbons (Fsp3) is 0.167. The molecule has 2 aromatic carbocycles. The van der Waals surface area contributed by atoms with Crippen LogP contribution >= 0.6 is 11.8 Å². The van der Waals surface area contributed by atoms with Gasteiger partial charge in [-0.15, -0.1) is 5.10 Å². The van der Waals surface area contributed by atoms with Gasteiger partial charge in [0.05, 0.1) is 11.4 Å². The number of carboxylic acids is 1. The fourth-order valence-electron chi connectivity index (χ4n) is 2.54.